The average molecular weight is 759 g/mol. The first-order valence-corrected chi connectivity index (χ1v) is 16.2. The zero-order valence-electron chi connectivity index (χ0n) is 20.5. The van der Waals surface area contributed by atoms with Gasteiger partial charge in [0.25, 0.3) is 5.91 Å². The fraction of sp³-hybridized carbons (Fsp3) is 0.379. The maximum absolute atomic E-state index is 13.4. The predicted octanol–water partition coefficient (Wildman–Crippen LogP) is 8.88. The van der Waals surface area contributed by atoms with E-state index in [1.54, 1.807) is 11.3 Å². The summed E-state index contributed by atoms with van der Waals surface area (Å²) in [6, 6.07) is 12.2. The lowest BCUT2D eigenvalue weighted by molar-refractivity contribution is 0.0927. The second-order valence-electron chi connectivity index (χ2n) is 9.69. The van der Waals surface area contributed by atoms with E-state index < -0.39 is 0 Å². The quantitative estimate of drug-likeness (QED) is 0.194. The molecule has 5 rings (SSSR count). The van der Waals surface area contributed by atoms with E-state index in [1.807, 2.05) is 30.5 Å². The third kappa shape index (κ3) is 6.89. The van der Waals surface area contributed by atoms with Crippen LogP contribution in [-0.4, -0.2) is 18.2 Å². The summed E-state index contributed by atoms with van der Waals surface area (Å²) in [7, 11) is 0. The number of nitrogens with zero attached hydrogens (tertiary/aromatic N) is 1. The van der Waals surface area contributed by atoms with Crippen molar-refractivity contribution in [2.24, 2.45) is 4.99 Å². The molecule has 1 saturated carbocycles. The molecule has 37 heavy (non-hydrogen) atoms. The molecule has 0 unspecified atom stereocenters. The highest BCUT2D eigenvalue weighted by atomic mass is 127. The van der Waals surface area contributed by atoms with Gasteiger partial charge in [-0.05, 0) is 125 Å². The Balaban J connectivity index is 1.35. The Bertz CT molecular complexity index is 1290. The maximum Gasteiger partial charge on any atom is 0.254 e. The maximum atomic E-state index is 13.4. The summed E-state index contributed by atoms with van der Waals surface area (Å²) in [4.78, 5) is 19.7. The highest BCUT2D eigenvalue weighted by molar-refractivity contribution is 14.1. The molecule has 0 radical (unpaired) electrons. The van der Waals surface area contributed by atoms with E-state index in [9.17, 15) is 4.79 Å². The number of benzene rings is 2. The third-order valence-electron chi connectivity index (χ3n) is 6.94. The number of amides is 1. The summed E-state index contributed by atoms with van der Waals surface area (Å²) in [5.41, 5.74) is 4.07. The predicted molar refractivity (Wildman–Crippen MR) is 170 cm³/mol. The number of rotatable bonds is 7. The Morgan fingerprint density at radius 3 is 2.59 bits per heavy atom. The summed E-state index contributed by atoms with van der Waals surface area (Å²) >= 11 is 12.4. The minimum absolute atomic E-state index is 0.0624. The Morgan fingerprint density at radius 2 is 1.84 bits per heavy atom. The van der Waals surface area contributed by atoms with E-state index in [1.165, 1.54) is 36.1 Å². The first kappa shape index (κ1) is 27.4. The molecule has 2 aliphatic rings. The fourth-order valence-corrected chi connectivity index (χ4v) is 8.66. The van der Waals surface area contributed by atoms with Gasteiger partial charge in [-0.25, -0.2) is 4.99 Å². The van der Waals surface area contributed by atoms with E-state index in [4.69, 9.17) is 21.3 Å². The van der Waals surface area contributed by atoms with Crippen molar-refractivity contribution < 1.29 is 9.53 Å². The van der Waals surface area contributed by atoms with Gasteiger partial charge in [0, 0.05) is 22.2 Å². The van der Waals surface area contributed by atoms with Gasteiger partial charge in [0.2, 0.25) is 0 Å². The van der Waals surface area contributed by atoms with Crippen molar-refractivity contribution >= 4 is 85.2 Å². The number of hydrogen-bond donors (Lipinski definition) is 1. The van der Waals surface area contributed by atoms with Gasteiger partial charge in [0.15, 0.2) is 0 Å². The minimum Gasteiger partial charge on any atom is -0.487 e. The van der Waals surface area contributed by atoms with Gasteiger partial charge < -0.3 is 10.1 Å². The van der Waals surface area contributed by atoms with Crippen LogP contribution < -0.4 is 10.1 Å². The molecule has 4 nitrogen and oxygen atoms in total. The normalized spacial score (nSPS) is 16.1. The summed E-state index contributed by atoms with van der Waals surface area (Å²) in [5, 5.41) is 4.88. The molecule has 1 N–H and O–H groups in total. The number of aryl methyl sites for hydroxylation is 1. The van der Waals surface area contributed by atoms with Gasteiger partial charge in [0.1, 0.15) is 17.4 Å². The Kier molecular flexibility index (Phi) is 9.47. The molecule has 194 valence electrons. The molecule has 3 aromatic rings. The number of nitrogens with one attached hydrogen (secondary N) is 1. The van der Waals surface area contributed by atoms with Gasteiger partial charge in [0.05, 0.1) is 12.7 Å². The number of thiophene rings is 1. The highest BCUT2D eigenvalue weighted by Gasteiger charge is 2.27. The van der Waals surface area contributed by atoms with Crippen LogP contribution in [0, 0.1) is 7.14 Å². The summed E-state index contributed by atoms with van der Waals surface area (Å²) < 4.78 is 8.18. The topological polar surface area (TPSA) is 50.7 Å². The molecule has 0 aliphatic heterocycles. The van der Waals surface area contributed by atoms with Crippen LogP contribution >= 0.6 is 68.1 Å². The molecule has 1 amide bonds. The van der Waals surface area contributed by atoms with Crippen molar-refractivity contribution in [3.63, 3.8) is 0 Å². The lowest BCUT2D eigenvalue weighted by Gasteiger charge is -2.23. The smallest absolute Gasteiger partial charge is 0.254 e. The van der Waals surface area contributed by atoms with E-state index in [2.05, 4.69) is 62.6 Å². The van der Waals surface area contributed by atoms with Crippen molar-refractivity contribution in [2.75, 3.05) is 0 Å². The molecule has 1 fully saturated rings. The van der Waals surface area contributed by atoms with Gasteiger partial charge in [-0.15, -0.1) is 11.3 Å². The number of halogens is 3. The van der Waals surface area contributed by atoms with Crippen molar-refractivity contribution in [3.05, 3.63) is 75.7 Å². The number of hydrogen-bond acceptors (Lipinski definition) is 4. The largest absolute Gasteiger partial charge is 0.487 e. The van der Waals surface area contributed by atoms with E-state index >= 15 is 0 Å². The van der Waals surface area contributed by atoms with E-state index in [0.717, 1.165) is 66.7 Å². The minimum atomic E-state index is 0.0624. The third-order valence-corrected chi connectivity index (χ3v) is 9.98. The Labute approximate surface area is 254 Å². The Hall–Kier alpha value is -1.17. The lowest BCUT2D eigenvalue weighted by atomic mass is 9.93. The molecular weight excluding hydrogens is 730 g/mol. The number of carbonyl (C=O) groups is 1. The van der Waals surface area contributed by atoms with Crippen molar-refractivity contribution in [3.8, 4) is 5.75 Å². The summed E-state index contributed by atoms with van der Waals surface area (Å²) in [5.74, 6) is 0.921. The zero-order valence-corrected chi connectivity index (χ0v) is 26.4. The monoisotopic (exact) mass is 758 g/mol. The van der Waals surface area contributed by atoms with Crippen molar-refractivity contribution in [1.29, 1.82) is 0 Å². The number of carbonyl (C=O) groups excluding carboxylic acids is 1. The van der Waals surface area contributed by atoms with Gasteiger partial charge >= 0.3 is 0 Å². The van der Waals surface area contributed by atoms with Crippen LogP contribution in [0.25, 0.3) is 0 Å². The SMILES string of the molecule is O=C(NC1CCCCC1)c1c(N=Cc2cc(I)c(OCc3cccc(Cl)c3)c(I)c2)sc2c1CCCC2. The molecule has 2 aliphatic carbocycles. The van der Waals surface area contributed by atoms with Crippen molar-refractivity contribution in [1.82, 2.24) is 5.32 Å². The molecule has 8 heteroatoms. The highest BCUT2D eigenvalue weighted by Crippen LogP contribution is 2.40. The number of aliphatic imine (C=N–C) groups is 1. The molecule has 1 aromatic heterocycles. The zero-order chi connectivity index (χ0) is 25.8. The van der Waals surface area contributed by atoms with E-state index in [0.29, 0.717) is 17.7 Å². The average Bonchev–Trinajstić information content (AvgIpc) is 3.26. The van der Waals surface area contributed by atoms with Crippen molar-refractivity contribution in [2.45, 2.75) is 70.4 Å². The van der Waals surface area contributed by atoms with Crippen LogP contribution in [0.2, 0.25) is 5.02 Å². The first-order chi connectivity index (χ1) is 18.0. The van der Waals surface area contributed by atoms with Crippen LogP contribution in [0.15, 0.2) is 41.4 Å². The molecule has 0 saturated heterocycles. The van der Waals surface area contributed by atoms with E-state index in [-0.39, 0.29) is 5.91 Å². The molecule has 0 atom stereocenters. The van der Waals surface area contributed by atoms with Crippen LogP contribution in [-0.2, 0) is 19.4 Å². The molecule has 1 heterocycles. The molecule has 0 spiro atoms. The molecule has 2 aromatic carbocycles. The second-order valence-corrected chi connectivity index (χ2v) is 13.5. The Morgan fingerprint density at radius 1 is 1.08 bits per heavy atom. The molecular formula is C29H29ClI2N2O2S. The van der Waals surface area contributed by atoms with Crippen LogP contribution in [0.3, 0.4) is 0 Å². The first-order valence-electron chi connectivity index (χ1n) is 12.8. The van der Waals surface area contributed by atoms with Gasteiger partial charge in [-0.2, -0.15) is 0 Å². The fourth-order valence-electron chi connectivity index (χ4n) is 5.09. The number of fused-ring (bicyclic) bond motifs is 1. The van der Waals surface area contributed by atoms with Gasteiger partial charge in [-0.3, -0.25) is 4.79 Å². The summed E-state index contributed by atoms with van der Waals surface area (Å²) in [6.07, 6.45) is 12.1. The standard InChI is InChI=1S/C29H29ClI2N2O2S/c30-20-8-6-7-18(13-20)17-36-27-23(31)14-19(15-24(27)32)16-33-29-26(22-11-4-5-12-25(22)37-29)28(35)34-21-9-2-1-3-10-21/h6-8,13-16,21H,1-5,9-12,17H2,(H,34,35). The number of ether oxygens (including phenoxy) is 1. The van der Waals surface area contributed by atoms with Gasteiger partial charge in [-0.1, -0.05) is 43.0 Å². The van der Waals surface area contributed by atoms with Crippen LogP contribution in [0.5, 0.6) is 5.75 Å². The van der Waals surface area contributed by atoms with Crippen LogP contribution in [0.4, 0.5) is 5.00 Å². The molecule has 0 bridgehead atoms. The summed E-state index contributed by atoms with van der Waals surface area (Å²) in [6.45, 7) is 0.459. The lowest BCUT2D eigenvalue weighted by Crippen LogP contribution is -2.36. The van der Waals surface area contributed by atoms with Crippen LogP contribution in [0.1, 0.15) is 76.9 Å². The second kappa shape index (κ2) is 12.8.